The summed E-state index contributed by atoms with van der Waals surface area (Å²) in [6, 6.07) is 7.57. The highest BCUT2D eigenvalue weighted by atomic mass is 19.1. The second kappa shape index (κ2) is 10.7. The van der Waals surface area contributed by atoms with E-state index in [1.54, 1.807) is 12.1 Å². The average Bonchev–Trinajstić information content (AvgIpc) is 2.81. The standard InChI is InChI=1S/C28H38FN3O4/c1-27(2,3)14-19-12-21-23(15-28(10-5-11-28)36-25(21)31-16-19)30-17-24(33)22(32-26(34)35-4)13-18-6-8-20(29)9-7-18/h6-9,12,16,22-24,30,33H,5,10-11,13-15,17H2,1-4H3,(H,32,34)/t22-,23-,24+/m0/s1. The molecule has 1 spiro atoms. The van der Waals surface area contributed by atoms with Crippen LogP contribution in [0.25, 0.3) is 0 Å². The molecule has 2 aromatic rings. The number of rotatable bonds is 8. The van der Waals surface area contributed by atoms with Crippen LogP contribution in [0.2, 0.25) is 0 Å². The maximum atomic E-state index is 13.3. The van der Waals surface area contributed by atoms with Gasteiger partial charge in [-0.1, -0.05) is 32.9 Å². The average molecular weight is 500 g/mol. The van der Waals surface area contributed by atoms with Crippen LogP contribution < -0.4 is 15.4 Å². The van der Waals surface area contributed by atoms with Crippen molar-refractivity contribution in [3.05, 3.63) is 59.0 Å². The van der Waals surface area contributed by atoms with E-state index in [0.29, 0.717) is 12.3 Å². The molecule has 1 fully saturated rings. The maximum absolute atomic E-state index is 13.3. The van der Waals surface area contributed by atoms with E-state index in [0.717, 1.165) is 48.8 Å². The van der Waals surface area contributed by atoms with E-state index in [-0.39, 0.29) is 29.4 Å². The zero-order chi connectivity index (χ0) is 25.9. The minimum atomic E-state index is -0.900. The number of aromatic nitrogens is 1. The van der Waals surface area contributed by atoms with Gasteiger partial charge in [0.1, 0.15) is 11.4 Å². The number of carbonyl (C=O) groups excluding carboxylic acids is 1. The molecule has 1 amide bonds. The van der Waals surface area contributed by atoms with Crippen LogP contribution in [0.3, 0.4) is 0 Å². The van der Waals surface area contributed by atoms with Gasteiger partial charge in [0.05, 0.1) is 19.3 Å². The Hall–Kier alpha value is -2.71. The number of halogens is 1. The first-order valence-electron chi connectivity index (χ1n) is 12.7. The molecular weight excluding hydrogens is 461 g/mol. The highest BCUT2D eigenvalue weighted by Gasteiger charge is 2.46. The number of pyridine rings is 1. The van der Waals surface area contributed by atoms with Gasteiger partial charge >= 0.3 is 6.09 Å². The molecule has 8 heteroatoms. The van der Waals surface area contributed by atoms with Crippen LogP contribution in [0.5, 0.6) is 5.88 Å². The van der Waals surface area contributed by atoms with Crippen molar-refractivity contribution in [1.29, 1.82) is 0 Å². The molecule has 4 rings (SSSR count). The summed E-state index contributed by atoms with van der Waals surface area (Å²) >= 11 is 0. The van der Waals surface area contributed by atoms with Gasteiger partial charge in [0, 0.05) is 30.8 Å². The molecule has 1 saturated carbocycles. The number of alkyl carbamates (subject to hydrolysis) is 1. The predicted molar refractivity (Wildman–Crippen MR) is 135 cm³/mol. The monoisotopic (exact) mass is 499 g/mol. The molecule has 0 bridgehead atoms. The van der Waals surface area contributed by atoms with Crippen LogP contribution in [0.1, 0.15) is 69.2 Å². The first-order valence-corrected chi connectivity index (χ1v) is 12.7. The van der Waals surface area contributed by atoms with Crippen LogP contribution >= 0.6 is 0 Å². The second-order valence-corrected chi connectivity index (χ2v) is 11.4. The molecule has 2 aliphatic rings. The smallest absolute Gasteiger partial charge is 0.407 e. The van der Waals surface area contributed by atoms with Crippen LogP contribution in [0, 0.1) is 11.2 Å². The number of nitrogens with one attached hydrogen (secondary N) is 2. The normalized spacial score (nSPS) is 20.0. The molecule has 1 aliphatic heterocycles. The lowest BCUT2D eigenvalue weighted by Gasteiger charge is -2.47. The highest BCUT2D eigenvalue weighted by molar-refractivity contribution is 5.67. The summed E-state index contributed by atoms with van der Waals surface area (Å²) in [5.41, 5.74) is 2.90. The number of amides is 1. The van der Waals surface area contributed by atoms with E-state index in [9.17, 15) is 14.3 Å². The summed E-state index contributed by atoms with van der Waals surface area (Å²) in [6.45, 7) is 6.86. The van der Waals surface area contributed by atoms with Crippen molar-refractivity contribution in [1.82, 2.24) is 15.6 Å². The van der Waals surface area contributed by atoms with Crippen molar-refractivity contribution in [2.75, 3.05) is 13.7 Å². The maximum Gasteiger partial charge on any atom is 0.407 e. The number of ether oxygens (including phenoxy) is 2. The van der Waals surface area contributed by atoms with Gasteiger partial charge in [-0.25, -0.2) is 14.2 Å². The zero-order valence-corrected chi connectivity index (χ0v) is 21.6. The lowest BCUT2D eigenvalue weighted by Crippen LogP contribution is -2.52. The van der Waals surface area contributed by atoms with E-state index in [4.69, 9.17) is 9.47 Å². The van der Waals surface area contributed by atoms with Crippen molar-refractivity contribution >= 4 is 6.09 Å². The fourth-order valence-corrected chi connectivity index (χ4v) is 5.12. The zero-order valence-electron chi connectivity index (χ0n) is 21.6. The number of aliphatic hydroxyl groups is 1. The van der Waals surface area contributed by atoms with Crippen molar-refractivity contribution in [3.8, 4) is 5.88 Å². The SMILES string of the molecule is COC(=O)N[C@@H](Cc1ccc(F)cc1)[C@H](O)CN[C@H]1CC2(CCC2)Oc2ncc(CC(C)(C)C)cc21. The molecule has 0 unspecified atom stereocenters. The number of hydrogen-bond donors (Lipinski definition) is 3. The molecule has 1 aromatic carbocycles. The van der Waals surface area contributed by atoms with Crippen molar-refractivity contribution in [2.45, 2.75) is 83.1 Å². The van der Waals surface area contributed by atoms with Crippen molar-refractivity contribution < 1.29 is 23.8 Å². The summed E-state index contributed by atoms with van der Waals surface area (Å²) < 4.78 is 24.5. The molecule has 36 heavy (non-hydrogen) atoms. The quantitative estimate of drug-likeness (QED) is 0.496. The van der Waals surface area contributed by atoms with Gasteiger partial charge < -0.3 is 25.2 Å². The number of methoxy groups -OCH3 is 1. The molecule has 7 nitrogen and oxygen atoms in total. The van der Waals surface area contributed by atoms with E-state index < -0.39 is 18.2 Å². The second-order valence-electron chi connectivity index (χ2n) is 11.4. The largest absolute Gasteiger partial charge is 0.471 e. The molecular formula is C28H38FN3O4. The van der Waals surface area contributed by atoms with E-state index in [2.05, 4.69) is 42.5 Å². The number of fused-ring (bicyclic) bond motifs is 1. The molecule has 1 aromatic heterocycles. The highest BCUT2D eigenvalue weighted by Crippen LogP contribution is 2.48. The number of benzene rings is 1. The van der Waals surface area contributed by atoms with Gasteiger partial charge in [0.15, 0.2) is 0 Å². The van der Waals surface area contributed by atoms with Crippen LogP contribution in [-0.4, -0.2) is 47.6 Å². The van der Waals surface area contributed by atoms with Gasteiger partial charge in [-0.2, -0.15) is 0 Å². The Kier molecular flexibility index (Phi) is 7.85. The molecule has 1 aliphatic carbocycles. The molecule has 196 valence electrons. The fourth-order valence-electron chi connectivity index (χ4n) is 5.12. The van der Waals surface area contributed by atoms with Crippen molar-refractivity contribution in [3.63, 3.8) is 0 Å². The Balaban J connectivity index is 1.50. The molecule has 3 N–H and O–H groups in total. The summed E-state index contributed by atoms with van der Waals surface area (Å²) in [5, 5.41) is 17.4. The fraction of sp³-hybridized carbons (Fsp3) is 0.571. The summed E-state index contributed by atoms with van der Waals surface area (Å²) in [4.78, 5) is 16.7. The Morgan fingerprint density at radius 2 is 2.00 bits per heavy atom. The summed E-state index contributed by atoms with van der Waals surface area (Å²) in [6.07, 6.45) is 5.56. The van der Waals surface area contributed by atoms with Crippen LogP contribution in [0.15, 0.2) is 36.5 Å². The summed E-state index contributed by atoms with van der Waals surface area (Å²) in [7, 11) is 1.29. The van der Waals surface area contributed by atoms with Gasteiger partial charge in [-0.05, 0) is 66.8 Å². The van der Waals surface area contributed by atoms with Gasteiger partial charge in [-0.3, -0.25) is 0 Å². The van der Waals surface area contributed by atoms with Gasteiger partial charge in [0.25, 0.3) is 0 Å². The van der Waals surface area contributed by atoms with Crippen LogP contribution in [0.4, 0.5) is 9.18 Å². The Morgan fingerprint density at radius 3 is 2.61 bits per heavy atom. The minimum Gasteiger partial charge on any atom is -0.471 e. The topological polar surface area (TPSA) is 92.7 Å². The third-order valence-corrected chi connectivity index (χ3v) is 7.09. The Labute approximate surface area is 212 Å². The van der Waals surface area contributed by atoms with E-state index >= 15 is 0 Å². The Morgan fingerprint density at radius 1 is 1.28 bits per heavy atom. The van der Waals surface area contributed by atoms with Gasteiger partial charge in [-0.15, -0.1) is 0 Å². The third kappa shape index (κ3) is 6.53. The van der Waals surface area contributed by atoms with E-state index in [1.807, 2.05) is 6.20 Å². The predicted octanol–water partition coefficient (Wildman–Crippen LogP) is 4.47. The lowest BCUT2D eigenvalue weighted by molar-refractivity contribution is -0.0421. The van der Waals surface area contributed by atoms with Crippen molar-refractivity contribution in [2.24, 2.45) is 5.41 Å². The minimum absolute atomic E-state index is 0.0271. The van der Waals surface area contributed by atoms with E-state index in [1.165, 1.54) is 19.2 Å². The number of hydrogen-bond acceptors (Lipinski definition) is 6. The first kappa shape index (κ1) is 26.4. The lowest BCUT2D eigenvalue weighted by atomic mass is 9.73. The first-order chi connectivity index (χ1) is 17.1. The third-order valence-electron chi connectivity index (χ3n) is 7.09. The van der Waals surface area contributed by atoms with Crippen LogP contribution in [-0.2, 0) is 17.6 Å². The number of nitrogens with zero attached hydrogens (tertiary/aromatic N) is 1. The molecule has 2 heterocycles. The molecule has 3 atom stereocenters. The molecule has 0 radical (unpaired) electrons. The van der Waals surface area contributed by atoms with Gasteiger partial charge in [0.2, 0.25) is 5.88 Å². The number of carbonyl (C=O) groups is 1. The Bertz CT molecular complexity index is 1050. The number of aliphatic hydroxyl groups excluding tert-OH is 1. The summed E-state index contributed by atoms with van der Waals surface area (Å²) in [5.74, 6) is 0.335. The molecule has 0 saturated heterocycles.